The van der Waals surface area contributed by atoms with Crippen LogP contribution in [0.5, 0.6) is 0 Å². The quantitative estimate of drug-likeness (QED) is 0.339. The van der Waals surface area contributed by atoms with Gasteiger partial charge in [0.1, 0.15) is 17.9 Å². The van der Waals surface area contributed by atoms with E-state index in [4.69, 9.17) is 10.5 Å². The number of carbonyl (C=O) groups excluding carboxylic acids is 4. The monoisotopic (exact) mass is 644 g/mol. The van der Waals surface area contributed by atoms with E-state index >= 15 is 0 Å². The third-order valence-electron chi connectivity index (χ3n) is 12.2. The number of aromatic nitrogens is 1. The van der Waals surface area contributed by atoms with Crippen molar-refractivity contribution in [1.29, 1.82) is 0 Å². The molecule has 4 fully saturated rings. The van der Waals surface area contributed by atoms with Gasteiger partial charge in [0.15, 0.2) is 5.78 Å². The van der Waals surface area contributed by atoms with Crippen molar-refractivity contribution in [3.05, 3.63) is 28.7 Å². The first-order chi connectivity index (χ1) is 21.1. The lowest BCUT2D eigenvalue weighted by Gasteiger charge is -2.47. The van der Waals surface area contributed by atoms with Gasteiger partial charge in [-0.25, -0.2) is 9.78 Å². The predicted octanol–water partition coefficient (Wildman–Crippen LogP) is 3.40. The summed E-state index contributed by atoms with van der Waals surface area (Å²) in [4.78, 5) is 57.8. The number of thiazole rings is 1. The maximum atomic E-state index is 13.4. The highest BCUT2D eigenvalue weighted by Gasteiger charge is 2.64. The summed E-state index contributed by atoms with van der Waals surface area (Å²) in [6.07, 6.45) is 2.07. The molecule has 12 heteroatoms. The third kappa shape index (κ3) is 6.11. The number of rotatable bonds is 6. The SMILES string of the molecule is C=C[C@]1(C)C[C@@H](OC(=O)NC(=O)c2csc(C3CCN(CC(N)=O)CC3)n2)[C@@]2(C)CC3C(=O)[C@@H](O)C[C@@]3(CCC2C)[C@@H](C)[C@@H]1O. The molecule has 11 nitrogen and oxygen atoms in total. The van der Waals surface area contributed by atoms with Gasteiger partial charge in [0, 0.05) is 28.0 Å². The van der Waals surface area contributed by atoms with Crippen LogP contribution < -0.4 is 11.1 Å². The van der Waals surface area contributed by atoms with Crippen LogP contribution in [0.3, 0.4) is 0 Å². The second kappa shape index (κ2) is 12.5. The molecule has 1 aromatic rings. The maximum Gasteiger partial charge on any atom is 0.414 e. The van der Waals surface area contributed by atoms with Gasteiger partial charge in [0.25, 0.3) is 5.91 Å². The summed E-state index contributed by atoms with van der Waals surface area (Å²) in [5.41, 5.74) is 3.35. The summed E-state index contributed by atoms with van der Waals surface area (Å²) in [6, 6.07) is 0. The molecule has 1 saturated heterocycles. The molecule has 5 N–H and O–H groups in total. The summed E-state index contributed by atoms with van der Waals surface area (Å²) in [5.74, 6) is -1.79. The number of primary amides is 1. The molecule has 3 amide bonds. The van der Waals surface area contributed by atoms with Gasteiger partial charge in [-0.1, -0.05) is 33.8 Å². The number of amides is 3. The fourth-order valence-corrected chi connectivity index (χ4v) is 9.78. The number of ether oxygens (including phenoxy) is 1. The minimum atomic E-state index is -1.08. The first kappa shape index (κ1) is 33.7. The molecule has 0 aromatic carbocycles. The number of hydrogen-bond acceptors (Lipinski definition) is 10. The standard InChI is InChI=1S/C33H48N4O7S/c1-6-31(4)15-24(32(5)13-21-26(40)23(38)14-33(21,10-7-18(32)2)19(3)27(31)41)44-30(43)36-28(42)22-17-45-29(35-22)20-8-11-37(12-9-20)16-25(34)39/h6,17-21,23-24,27,38,41H,1,7-16H2,2-5H3,(H2,34,39)(H,36,42,43)/t18?,19-,21?,23-,24+,27-,31+,32-,33-/m0/s1. The van der Waals surface area contributed by atoms with Crippen molar-refractivity contribution in [3.63, 3.8) is 0 Å². The van der Waals surface area contributed by atoms with E-state index in [1.165, 1.54) is 11.3 Å². The molecule has 5 rings (SSSR count). The number of fused-ring (bicyclic) bond motifs is 1. The highest BCUT2D eigenvalue weighted by Crippen LogP contribution is 2.63. The molecular weight excluding hydrogens is 596 g/mol. The Balaban J connectivity index is 1.34. The van der Waals surface area contributed by atoms with Gasteiger partial charge in [0.2, 0.25) is 5.91 Å². The van der Waals surface area contributed by atoms with E-state index < -0.39 is 52.5 Å². The molecule has 2 bridgehead atoms. The number of imide groups is 1. The predicted molar refractivity (Wildman–Crippen MR) is 168 cm³/mol. The lowest BCUT2D eigenvalue weighted by Crippen LogP contribution is -2.49. The topological polar surface area (TPSA) is 172 Å². The Bertz CT molecular complexity index is 1340. The second-order valence-corrected chi connectivity index (χ2v) is 15.5. The van der Waals surface area contributed by atoms with Crippen LogP contribution >= 0.6 is 11.3 Å². The van der Waals surface area contributed by atoms with Crippen molar-refractivity contribution in [2.45, 2.75) is 96.9 Å². The van der Waals surface area contributed by atoms with Crippen LogP contribution in [0.25, 0.3) is 0 Å². The molecule has 4 aliphatic rings. The minimum Gasteiger partial charge on any atom is -0.445 e. The van der Waals surface area contributed by atoms with Crippen molar-refractivity contribution in [1.82, 2.24) is 15.2 Å². The highest BCUT2D eigenvalue weighted by molar-refractivity contribution is 7.09. The Morgan fingerprint density at radius 2 is 1.87 bits per heavy atom. The highest BCUT2D eigenvalue weighted by atomic mass is 32.1. The molecule has 0 spiro atoms. The summed E-state index contributed by atoms with van der Waals surface area (Å²) >= 11 is 1.37. The summed E-state index contributed by atoms with van der Waals surface area (Å²) in [6.45, 7) is 13.7. The summed E-state index contributed by atoms with van der Waals surface area (Å²) in [5, 5.41) is 27.4. The molecule has 0 radical (unpaired) electrons. The summed E-state index contributed by atoms with van der Waals surface area (Å²) in [7, 11) is 0. The maximum absolute atomic E-state index is 13.4. The van der Waals surface area contributed by atoms with E-state index in [-0.39, 0.29) is 48.1 Å². The molecule has 1 aliphatic heterocycles. The van der Waals surface area contributed by atoms with Gasteiger partial charge in [-0.3, -0.25) is 24.6 Å². The van der Waals surface area contributed by atoms with Gasteiger partial charge in [0.05, 0.1) is 17.7 Å². The number of hydrogen-bond donors (Lipinski definition) is 4. The van der Waals surface area contributed by atoms with Gasteiger partial charge in [-0.05, 0) is 75.3 Å². The van der Waals surface area contributed by atoms with Crippen LogP contribution in [0.2, 0.25) is 0 Å². The number of nitrogens with one attached hydrogen (secondary N) is 1. The number of aliphatic hydroxyl groups excluding tert-OH is 2. The van der Waals surface area contributed by atoms with Crippen molar-refractivity contribution in [3.8, 4) is 0 Å². The van der Waals surface area contributed by atoms with Crippen molar-refractivity contribution >= 4 is 35.0 Å². The van der Waals surface area contributed by atoms with Crippen LogP contribution in [0.15, 0.2) is 18.0 Å². The fourth-order valence-electron chi connectivity index (χ4n) is 8.81. The van der Waals surface area contributed by atoms with Crippen LogP contribution in [0.4, 0.5) is 4.79 Å². The molecule has 45 heavy (non-hydrogen) atoms. The van der Waals surface area contributed by atoms with Crippen LogP contribution in [-0.2, 0) is 14.3 Å². The number of piperidine rings is 1. The smallest absolute Gasteiger partial charge is 0.414 e. The Morgan fingerprint density at radius 1 is 1.18 bits per heavy atom. The zero-order chi connectivity index (χ0) is 32.9. The van der Waals surface area contributed by atoms with Gasteiger partial charge >= 0.3 is 6.09 Å². The van der Waals surface area contributed by atoms with Crippen LogP contribution in [0, 0.1) is 34.0 Å². The zero-order valence-corrected chi connectivity index (χ0v) is 27.6. The van der Waals surface area contributed by atoms with E-state index in [0.29, 0.717) is 32.4 Å². The Hall–Kier alpha value is -2.67. The lowest BCUT2D eigenvalue weighted by molar-refractivity contribution is -0.131. The van der Waals surface area contributed by atoms with Gasteiger partial charge < -0.3 is 20.7 Å². The molecule has 2 heterocycles. The number of carbonyl (C=O) groups is 4. The number of likely N-dealkylation sites (tertiary alicyclic amines) is 1. The van der Waals surface area contributed by atoms with Crippen LogP contribution in [-0.4, -0.2) is 81.7 Å². The van der Waals surface area contributed by atoms with Crippen molar-refractivity contribution < 1.29 is 34.1 Å². The molecule has 3 aliphatic carbocycles. The average molecular weight is 645 g/mol. The van der Waals surface area contributed by atoms with E-state index in [9.17, 15) is 29.4 Å². The van der Waals surface area contributed by atoms with Crippen molar-refractivity contribution in [2.75, 3.05) is 19.6 Å². The number of Topliss-reactive ketones (excluding diaryl/α,β-unsaturated/α-hetero) is 1. The Labute approximate surface area is 269 Å². The molecular formula is C33H48N4O7S. The molecule has 9 atom stereocenters. The number of nitrogens with zero attached hydrogens (tertiary/aromatic N) is 2. The fraction of sp³-hybridized carbons (Fsp3) is 0.727. The number of aliphatic hydroxyl groups is 2. The first-order valence-electron chi connectivity index (χ1n) is 16.1. The van der Waals surface area contributed by atoms with E-state index in [1.54, 1.807) is 11.5 Å². The number of ketones is 1. The number of nitrogens with two attached hydrogens (primary N) is 1. The molecule has 2 unspecified atom stereocenters. The summed E-state index contributed by atoms with van der Waals surface area (Å²) < 4.78 is 6.12. The largest absolute Gasteiger partial charge is 0.445 e. The average Bonchev–Trinajstić information content (AvgIpc) is 3.55. The van der Waals surface area contributed by atoms with Crippen LogP contribution in [0.1, 0.15) is 94.1 Å². The molecule has 1 aromatic heterocycles. The van der Waals surface area contributed by atoms with Gasteiger partial charge in [-0.15, -0.1) is 17.9 Å². The third-order valence-corrected chi connectivity index (χ3v) is 13.2. The van der Waals surface area contributed by atoms with Crippen molar-refractivity contribution in [2.24, 2.45) is 39.7 Å². The first-order valence-corrected chi connectivity index (χ1v) is 17.0. The zero-order valence-electron chi connectivity index (χ0n) is 26.8. The Kier molecular flexibility index (Phi) is 9.36. The normalized spacial score (nSPS) is 39.2. The van der Waals surface area contributed by atoms with E-state index in [2.05, 4.69) is 23.8 Å². The van der Waals surface area contributed by atoms with E-state index in [1.807, 2.05) is 25.7 Å². The van der Waals surface area contributed by atoms with E-state index in [0.717, 1.165) is 24.3 Å². The Morgan fingerprint density at radius 3 is 2.51 bits per heavy atom. The second-order valence-electron chi connectivity index (χ2n) is 14.6. The molecule has 248 valence electrons. The van der Waals surface area contributed by atoms with Gasteiger partial charge in [-0.2, -0.15) is 0 Å². The minimum absolute atomic E-state index is 0.0606. The lowest BCUT2D eigenvalue weighted by atomic mass is 9.60. The number of alkyl carbamates (subject to hydrolysis) is 1. The molecule has 3 saturated carbocycles.